The van der Waals surface area contributed by atoms with E-state index in [0.717, 1.165) is 25.7 Å². The number of nitrogens with one attached hydrogen (secondary N) is 1. The van der Waals surface area contributed by atoms with Crippen molar-refractivity contribution in [3.05, 3.63) is 0 Å². The quantitative estimate of drug-likeness (QED) is 0.774. The largest absolute Gasteiger partial charge is 0.480 e. The van der Waals surface area contributed by atoms with Crippen molar-refractivity contribution in [1.29, 1.82) is 0 Å². The van der Waals surface area contributed by atoms with E-state index in [0.29, 0.717) is 13.0 Å². The van der Waals surface area contributed by atoms with Crippen LogP contribution in [-0.2, 0) is 14.3 Å². The van der Waals surface area contributed by atoms with E-state index >= 15 is 0 Å². The van der Waals surface area contributed by atoms with Gasteiger partial charge in [0.1, 0.15) is 6.04 Å². The molecule has 0 aliphatic heterocycles. The summed E-state index contributed by atoms with van der Waals surface area (Å²) in [7, 11) is 1.52. The molecule has 19 heavy (non-hydrogen) atoms. The Morgan fingerprint density at radius 3 is 2.32 bits per heavy atom. The Balaban J connectivity index is 2.46. The molecule has 0 radical (unpaired) electrons. The molecule has 0 aromatic heterocycles. The van der Waals surface area contributed by atoms with Crippen LogP contribution in [0.5, 0.6) is 0 Å². The molecular formula is C14H25NO4. The second kappa shape index (κ2) is 8.91. The molecule has 2 N–H and O–H groups in total. The monoisotopic (exact) mass is 271 g/mol. The number of aliphatic carboxylic acids is 1. The van der Waals surface area contributed by atoms with Gasteiger partial charge >= 0.3 is 5.97 Å². The van der Waals surface area contributed by atoms with Crippen LogP contribution in [0, 0.1) is 5.92 Å². The van der Waals surface area contributed by atoms with Gasteiger partial charge in [-0.25, -0.2) is 4.79 Å². The van der Waals surface area contributed by atoms with Crippen molar-refractivity contribution in [2.75, 3.05) is 13.7 Å². The lowest BCUT2D eigenvalue weighted by Crippen LogP contribution is -2.44. The van der Waals surface area contributed by atoms with E-state index < -0.39 is 12.0 Å². The SMILES string of the molecule is COCCC(NC(=O)C1CCCCCCC1)C(=O)O. The maximum atomic E-state index is 12.1. The van der Waals surface area contributed by atoms with Crippen LogP contribution in [0.25, 0.3) is 0 Å². The fourth-order valence-corrected chi connectivity index (χ4v) is 2.50. The number of carbonyl (C=O) groups excluding carboxylic acids is 1. The molecule has 1 fully saturated rings. The summed E-state index contributed by atoms with van der Waals surface area (Å²) in [6, 6.07) is -0.835. The van der Waals surface area contributed by atoms with Gasteiger partial charge in [-0.2, -0.15) is 0 Å². The normalized spacial score (nSPS) is 19.2. The van der Waals surface area contributed by atoms with E-state index in [9.17, 15) is 9.59 Å². The number of carboxylic acids is 1. The van der Waals surface area contributed by atoms with E-state index in [1.165, 1.54) is 26.4 Å². The third-order valence-electron chi connectivity index (χ3n) is 3.70. The molecule has 1 rings (SSSR count). The highest BCUT2D eigenvalue weighted by Gasteiger charge is 2.25. The van der Waals surface area contributed by atoms with E-state index in [1.54, 1.807) is 0 Å². The number of ether oxygens (including phenoxy) is 1. The Labute approximate surface area is 114 Å². The van der Waals surface area contributed by atoms with Crippen molar-refractivity contribution >= 4 is 11.9 Å². The summed E-state index contributed by atoms with van der Waals surface area (Å²) >= 11 is 0. The minimum atomic E-state index is -0.990. The van der Waals surface area contributed by atoms with Gasteiger partial charge in [0.25, 0.3) is 0 Å². The fourth-order valence-electron chi connectivity index (χ4n) is 2.50. The summed E-state index contributed by atoms with van der Waals surface area (Å²) in [6.07, 6.45) is 7.79. The smallest absolute Gasteiger partial charge is 0.326 e. The van der Waals surface area contributed by atoms with Crippen LogP contribution in [0.15, 0.2) is 0 Å². The molecule has 1 aliphatic rings. The molecule has 1 aliphatic carbocycles. The first-order valence-corrected chi connectivity index (χ1v) is 7.17. The Morgan fingerprint density at radius 1 is 1.21 bits per heavy atom. The van der Waals surface area contributed by atoms with Gasteiger partial charge in [0, 0.05) is 26.1 Å². The van der Waals surface area contributed by atoms with E-state index in [1.807, 2.05) is 0 Å². The van der Waals surface area contributed by atoms with Gasteiger partial charge in [-0.05, 0) is 12.8 Å². The molecule has 0 aromatic carbocycles. The second-order valence-corrected chi connectivity index (χ2v) is 5.22. The van der Waals surface area contributed by atoms with Gasteiger partial charge in [-0.3, -0.25) is 4.79 Å². The summed E-state index contributed by atoms with van der Waals surface area (Å²) in [6.45, 7) is 0.335. The number of carboxylic acid groups (broad SMARTS) is 1. The molecule has 110 valence electrons. The predicted molar refractivity (Wildman–Crippen MR) is 71.9 cm³/mol. The van der Waals surface area contributed by atoms with Crippen LogP contribution in [0.3, 0.4) is 0 Å². The molecule has 5 nitrogen and oxygen atoms in total. The molecule has 1 saturated carbocycles. The van der Waals surface area contributed by atoms with Crippen molar-refractivity contribution in [1.82, 2.24) is 5.32 Å². The number of carbonyl (C=O) groups is 2. The lowest BCUT2D eigenvalue weighted by Gasteiger charge is -2.21. The van der Waals surface area contributed by atoms with Crippen LogP contribution in [0.1, 0.15) is 51.4 Å². The van der Waals surface area contributed by atoms with Crippen LogP contribution < -0.4 is 5.32 Å². The van der Waals surface area contributed by atoms with Crippen LogP contribution >= 0.6 is 0 Å². The highest BCUT2D eigenvalue weighted by Crippen LogP contribution is 2.22. The van der Waals surface area contributed by atoms with Gasteiger partial charge in [0.2, 0.25) is 5.91 Å². The molecular weight excluding hydrogens is 246 g/mol. The lowest BCUT2D eigenvalue weighted by atomic mass is 9.90. The summed E-state index contributed by atoms with van der Waals surface area (Å²) in [5, 5.41) is 11.7. The van der Waals surface area contributed by atoms with Crippen molar-refractivity contribution in [2.45, 2.75) is 57.4 Å². The van der Waals surface area contributed by atoms with E-state index in [-0.39, 0.29) is 11.8 Å². The first kappa shape index (κ1) is 16.0. The molecule has 0 spiro atoms. The van der Waals surface area contributed by atoms with Crippen LogP contribution in [0.2, 0.25) is 0 Å². The maximum absolute atomic E-state index is 12.1. The van der Waals surface area contributed by atoms with Crippen molar-refractivity contribution in [2.24, 2.45) is 5.92 Å². The zero-order valence-corrected chi connectivity index (χ0v) is 11.7. The van der Waals surface area contributed by atoms with Crippen LogP contribution in [-0.4, -0.2) is 36.7 Å². The Bertz CT molecular complexity index is 285. The predicted octanol–water partition coefficient (Wildman–Crippen LogP) is 1.95. The molecule has 0 saturated heterocycles. The minimum Gasteiger partial charge on any atom is -0.480 e. The fraction of sp³-hybridized carbons (Fsp3) is 0.857. The van der Waals surface area contributed by atoms with Crippen LogP contribution in [0.4, 0.5) is 0 Å². The van der Waals surface area contributed by atoms with Gasteiger partial charge in [-0.1, -0.05) is 32.1 Å². The third kappa shape index (κ3) is 6.05. The summed E-state index contributed by atoms with van der Waals surface area (Å²) in [4.78, 5) is 23.2. The summed E-state index contributed by atoms with van der Waals surface area (Å²) in [5.41, 5.74) is 0. The highest BCUT2D eigenvalue weighted by molar-refractivity contribution is 5.84. The first-order valence-electron chi connectivity index (χ1n) is 7.17. The first-order chi connectivity index (χ1) is 9.15. The zero-order valence-electron chi connectivity index (χ0n) is 11.7. The van der Waals surface area contributed by atoms with Gasteiger partial charge in [-0.15, -0.1) is 0 Å². The summed E-state index contributed by atoms with van der Waals surface area (Å²) in [5.74, 6) is -1.12. The highest BCUT2D eigenvalue weighted by atomic mass is 16.5. The second-order valence-electron chi connectivity index (χ2n) is 5.22. The van der Waals surface area contributed by atoms with Gasteiger partial charge < -0.3 is 15.2 Å². The summed E-state index contributed by atoms with van der Waals surface area (Å²) < 4.78 is 4.87. The van der Waals surface area contributed by atoms with Crippen molar-refractivity contribution < 1.29 is 19.4 Å². The Morgan fingerprint density at radius 2 is 1.79 bits per heavy atom. The molecule has 1 atom stereocenters. The molecule has 0 aromatic rings. The van der Waals surface area contributed by atoms with Gasteiger partial charge in [0.05, 0.1) is 0 Å². The van der Waals surface area contributed by atoms with Crippen molar-refractivity contribution in [3.63, 3.8) is 0 Å². The number of rotatable bonds is 6. The number of hydrogen-bond donors (Lipinski definition) is 2. The average Bonchev–Trinajstić information content (AvgIpc) is 2.33. The zero-order chi connectivity index (χ0) is 14.1. The molecule has 0 bridgehead atoms. The minimum absolute atomic E-state index is 0.0234. The maximum Gasteiger partial charge on any atom is 0.326 e. The molecule has 5 heteroatoms. The molecule has 1 amide bonds. The standard InChI is InChI=1S/C14H25NO4/c1-19-10-9-12(14(17)18)15-13(16)11-7-5-3-2-4-6-8-11/h11-12H,2-10H2,1H3,(H,15,16)(H,17,18). The number of hydrogen-bond acceptors (Lipinski definition) is 3. The molecule has 0 heterocycles. The topological polar surface area (TPSA) is 75.6 Å². The van der Waals surface area contributed by atoms with E-state index in [4.69, 9.17) is 9.84 Å². The Kier molecular flexibility index (Phi) is 7.48. The number of amides is 1. The van der Waals surface area contributed by atoms with E-state index in [2.05, 4.69) is 5.32 Å². The number of methoxy groups -OCH3 is 1. The molecule has 1 unspecified atom stereocenters. The van der Waals surface area contributed by atoms with Crippen molar-refractivity contribution in [3.8, 4) is 0 Å². The lowest BCUT2D eigenvalue weighted by molar-refractivity contribution is -0.143. The Hall–Kier alpha value is -1.10. The third-order valence-corrected chi connectivity index (χ3v) is 3.70. The van der Waals surface area contributed by atoms with Gasteiger partial charge in [0.15, 0.2) is 0 Å². The average molecular weight is 271 g/mol.